The number of non-ortho nitro benzene ring substituents is 1. The minimum absolute atomic E-state index is 0.0759. The Morgan fingerprint density at radius 2 is 1.40 bits per heavy atom. The van der Waals surface area contributed by atoms with E-state index < -0.39 is 4.92 Å². The lowest BCUT2D eigenvalue weighted by Gasteiger charge is -2.02. The highest BCUT2D eigenvalue weighted by molar-refractivity contribution is 5.81. The summed E-state index contributed by atoms with van der Waals surface area (Å²) < 4.78 is 6.25. The fourth-order valence-electron chi connectivity index (χ4n) is 3.25. The van der Waals surface area contributed by atoms with Crippen LogP contribution in [0.15, 0.2) is 101 Å². The Morgan fingerprint density at radius 1 is 0.800 bits per heavy atom. The fraction of sp³-hybridized carbons (Fsp3) is 0.0385. The molecule has 4 aromatic rings. The maximum atomic E-state index is 10.9. The first-order chi connectivity index (χ1) is 14.6. The highest BCUT2D eigenvalue weighted by atomic mass is 16.6. The van der Waals surface area contributed by atoms with Gasteiger partial charge in [0, 0.05) is 17.7 Å². The Balaban J connectivity index is 1.79. The maximum absolute atomic E-state index is 10.9. The summed E-state index contributed by atoms with van der Waals surface area (Å²) in [5.74, 6) is 1.52. The molecule has 1 heterocycles. The molecule has 0 N–H and O–H groups in total. The topological polar surface area (TPSA) is 54.4 Å². The lowest BCUT2D eigenvalue weighted by atomic mass is 10.0. The number of allylic oxidation sites excluding steroid dienone is 1. The van der Waals surface area contributed by atoms with Gasteiger partial charge in [0.15, 0.2) is 0 Å². The van der Waals surface area contributed by atoms with Crippen LogP contribution in [0.4, 0.5) is 5.69 Å². The van der Waals surface area contributed by atoms with Crippen molar-refractivity contribution in [3.8, 4) is 22.5 Å². The minimum atomic E-state index is -0.398. The molecule has 0 unspecified atom stereocenters. The molecule has 0 aliphatic rings. The highest BCUT2D eigenvalue weighted by Gasteiger charge is 2.20. The molecule has 0 fully saturated rings. The third-order valence-corrected chi connectivity index (χ3v) is 4.83. The molecule has 0 amide bonds. The van der Waals surface area contributed by atoms with Gasteiger partial charge in [0.25, 0.3) is 5.69 Å². The zero-order valence-electron chi connectivity index (χ0n) is 16.5. The summed E-state index contributed by atoms with van der Waals surface area (Å²) in [5.41, 5.74) is 5.05. The van der Waals surface area contributed by atoms with Crippen molar-refractivity contribution in [3.05, 3.63) is 118 Å². The lowest BCUT2D eigenvalue weighted by molar-refractivity contribution is -0.384. The van der Waals surface area contributed by atoms with Gasteiger partial charge in [0.05, 0.1) is 28.2 Å². The quantitative estimate of drug-likeness (QED) is 0.202. The second-order valence-corrected chi connectivity index (χ2v) is 6.98. The summed E-state index contributed by atoms with van der Waals surface area (Å²) in [7, 11) is 0. The second-order valence-electron chi connectivity index (χ2n) is 6.98. The molecule has 1 aromatic heterocycles. The van der Waals surface area contributed by atoms with Crippen LogP contribution in [-0.4, -0.2) is 4.92 Å². The highest BCUT2D eigenvalue weighted by Crippen LogP contribution is 2.31. The summed E-state index contributed by atoms with van der Waals surface area (Å²) >= 11 is 0. The van der Waals surface area contributed by atoms with Gasteiger partial charge in [-0.1, -0.05) is 48.5 Å². The largest absolute Gasteiger partial charge is 0.361 e. The van der Waals surface area contributed by atoms with E-state index in [0.29, 0.717) is 0 Å². The number of rotatable bonds is 5. The molecule has 4 nitrogen and oxygen atoms in total. The van der Waals surface area contributed by atoms with Crippen LogP contribution in [0.3, 0.4) is 0 Å². The van der Waals surface area contributed by atoms with Crippen molar-refractivity contribution in [1.29, 1.82) is 0 Å². The SMILES string of the molecule is C/C(=C\c1ccc([N+](=O)[O-])cc1)c1cc(-c2ccccc2)cc(-c2ccccc2)[o+]1. The summed E-state index contributed by atoms with van der Waals surface area (Å²) in [6.07, 6.45) is 1.96. The summed E-state index contributed by atoms with van der Waals surface area (Å²) in [5, 5.41) is 10.9. The molecule has 146 valence electrons. The van der Waals surface area contributed by atoms with Crippen molar-refractivity contribution in [1.82, 2.24) is 0 Å². The van der Waals surface area contributed by atoms with Crippen molar-refractivity contribution in [2.75, 3.05) is 0 Å². The van der Waals surface area contributed by atoms with Gasteiger partial charge >= 0.3 is 11.5 Å². The molecule has 0 radical (unpaired) electrons. The molecule has 0 saturated carbocycles. The van der Waals surface area contributed by atoms with Crippen LogP contribution in [-0.2, 0) is 0 Å². The third-order valence-electron chi connectivity index (χ3n) is 4.83. The van der Waals surface area contributed by atoms with Crippen LogP contribution in [0.25, 0.3) is 34.1 Å². The van der Waals surface area contributed by atoms with Gasteiger partial charge < -0.3 is 0 Å². The Bertz CT molecular complexity index is 1140. The number of hydrogen-bond donors (Lipinski definition) is 0. The van der Waals surface area contributed by atoms with E-state index in [9.17, 15) is 10.1 Å². The Kier molecular flexibility index (Phi) is 5.48. The maximum Gasteiger partial charge on any atom is 0.361 e. The standard InChI is InChI=1S/C26H20NO3/c1-19(16-20-12-14-24(15-13-20)27(28)29)25-17-23(21-8-4-2-5-9-21)18-26(30-25)22-10-6-3-7-11-22/h2-18H,1H3/q+1/b19-16+. The number of nitro groups is 1. The number of nitrogens with zero attached hydrogens (tertiary/aromatic N) is 1. The molecule has 0 saturated heterocycles. The summed E-state index contributed by atoms with van der Waals surface area (Å²) in [6.45, 7) is 1.98. The predicted octanol–water partition coefficient (Wildman–Crippen LogP) is 7.36. The molecule has 0 bridgehead atoms. The molecule has 0 atom stereocenters. The molecular formula is C26H20NO3+. The molecule has 0 spiro atoms. The number of hydrogen-bond acceptors (Lipinski definition) is 2. The first kappa shape index (κ1) is 19.3. The summed E-state index contributed by atoms with van der Waals surface area (Å²) in [4.78, 5) is 10.5. The molecular weight excluding hydrogens is 374 g/mol. The Morgan fingerprint density at radius 3 is 2.00 bits per heavy atom. The van der Waals surface area contributed by atoms with E-state index in [2.05, 4.69) is 12.1 Å². The fourth-order valence-corrected chi connectivity index (χ4v) is 3.25. The van der Waals surface area contributed by atoms with E-state index >= 15 is 0 Å². The average molecular weight is 394 g/mol. The first-order valence-electron chi connectivity index (χ1n) is 9.62. The molecule has 0 aliphatic carbocycles. The van der Waals surface area contributed by atoms with Gasteiger partial charge in [0.1, 0.15) is 0 Å². The van der Waals surface area contributed by atoms with Crippen molar-refractivity contribution in [2.45, 2.75) is 6.92 Å². The minimum Gasteiger partial charge on any atom is -0.258 e. The van der Waals surface area contributed by atoms with Gasteiger partial charge in [-0.2, -0.15) is 0 Å². The van der Waals surface area contributed by atoms with Gasteiger partial charge in [-0.3, -0.25) is 10.1 Å². The average Bonchev–Trinajstić information content (AvgIpc) is 2.80. The zero-order valence-corrected chi connectivity index (χ0v) is 16.5. The van der Waals surface area contributed by atoms with Crippen LogP contribution < -0.4 is 0 Å². The Labute approximate surface area is 174 Å². The molecule has 4 heteroatoms. The zero-order chi connectivity index (χ0) is 20.9. The van der Waals surface area contributed by atoms with E-state index in [1.54, 1.807) is 12.1 Å². The van der Waals surface area contributed by atoms with Crippen LogP contribution in [0, 0.1) is 10.1 Å². The van der Waals surface area contributed by atoms with E-state index in [0.717, 1.165) is 39.3 Å². The van der Waals surface area contributed by atoms with Crippen molar-refractivity contribution >= 4 is 17.3 Å². The lowest BCUT2D eigenvalue weighted by Crippen LogP contribution is -1.89. The van der Waals surface area contributed by atoms with Crippen LogP contribution in [0.5, 0.6) is 0 Å². The van der Waals surface area contributed by atoms with Crippen molar-refractivity contribution < 1.29 is 9.34 Å². The Hall–Kier alpha value is -4.05. The second kappa shape index (κ2) is 8.53. The van der Waals surface area contributed by atoms with Gasteiger partial charge in [-0.05, 0) is 48.4 Å². The monoisotopic (exact) mass is 394 g/mol. The molecule has 4 rings (SSSR count). The van der Waals surface area contributed by atoms with Gasteiger partial charge in [-0.15, -0.1) is 0 Å². The molecule has 0 aliphatic heterocycles. The van der Waals surface area contributed by atoms with E-state index in [1.807, 2.05) is 73.7 Å². The van der Waals surface area contributed by atoms with Gasteiger partial charge in [-0.25, -0.2) is 4.42 Å². The van der Waals surface area contributed by atoms with Crippen LogP contribution in [0.2, 0.25) is 0 Å². The molecule has 3 aromatic carbocycles. The normalized spacial score (nSPS) is 11.3. The number of benzene rings is 3. The van der Waals surface area contributed by atoms with Crippen LogP contribution in [0.1, 0.15) is 18.2 Å². The smallest absolute Gasteiger partial charge is 0.258 e. The van der Waals surface area contributed by atoms with E-state index in [1.165, 1.54) is 12.1 Å². The predicted molar refractivity (Wildman–Crippen MR) is 121 cm³/mol. The summed E-state index contributed by atoms with van der Waals surface area (Å²) in [6, 6.07) is 30.7. The third kappa shape index (κ3) is 4.33. The first-order valence-corrected chi connectivity index (χ1v) is 9.62. The van der Waals surface area contributed by atoms with Crippen molar-refractivity contribution in [2.24, 2.45) is 0 Å². The van der Waals surface area contributed by atoms with E-state index in [-0.39, 0.29) is 5.69 Å². The van der Waals surface area contributed by atoms with Crippen molar-refractivity contribution in [3.63, 3.8) is 0 Å². The molecule has 30 heavy (non-hydrogen) atoms. The number of nitro benzene ring substituents is 1. The van der Waals surface area contributed by atoms with Crippen LogP contribution >= 0.6 is 0 Å². The van der Waals surface area contributed by atoms with Gasteiger partial charge in [0.2, 0.25) is 0 Å². The van der Waals surface area contributed by atoms with E-state index in [4.69, 9.17) is 4.42 Å².